The Morgan fingerprint density at radius 3 is 2.25 bits per heavy atom. The minimum Gasteiger partial charge on any atom is -0.494 e. The normalized spacial score (nSPS) is 12.8. The Morgan fingerprint density at radius 1 is 1.12 bits per heavy atom. The maximum absolute atomic E-state index is 5.42. The highest BCUT2D eigenvalue weighted by Gasteiger charge is 2.05. The second kappa shape index (κ2) is 6.54. The molecular weight excluding hydrogens is 198 g/mol. The van der Waals surface area contributed by atoms with Crippen LogP contribution in [0.1, 0.15) is 39.3 Å². The number of nitrogens with one attached hydrogen (secondary N) is 1. The summed E-state index contributed by atoms with van der Waals surface area (Å²) in [6.07, 6.45) is 0. The summed E-state index contributed by atoms with van der Waals surface area (Å²) < 4.78 is 5.42. The first kappa shape index (κ1) is 13.0. The number of hydrogen-bond acceptors (Lipinski definition) is 2. The van der Waals surface area contributed by atoms with Crippen LogP contribution in [-0.2, 0) is 0 Å². The van der Waals surface area contributed by atoms with Crippen LogP contribution in [0.5, 0.6) is 5.75 Å². The van der Waals surface area contributed by atoms with E-state index in [1.54, 1.807) is 0 Å². The second-order valence-corrected chi connectivity index (χ2v) is 4.53. The van der Waals surface area contributed by atoms with Gasteiger partial charge < -0.3 is 10.1 Å². The molecule has 90 valence electrons. The molecule has 1 aromatic rings. The highest BCUT2D eigenvalue weighted by atomic mass is 16.5. The molecule has 0 saturated heterocycles. The summed E-state index contributed by atoms with van der Waals surface area (Å²) in [6, 6.07) is 8.73. The largest absolute Gasteiger partial charge is 0.494 e. The maximum atomic E-state index is 5.42. The average Bonchev–Trinajstić information content (AvgIpc) is 2.27. The molecular formula is C14H23NO. The van der Waals surface area contributed by atoms with Gasteiger partial charge in [0.15, 0.2) is 0 Å². The third-order valence-corrected chi connectivity index (χ3v) is 2.52. The van der Waals surface area contributed by atoms with Crippen LogP contribution in [0.3, 0.4) is 0 Å². The van der Waals surface area contributed by atoms with E-state index in [4.69, 9.17) is 4.74 Å². The van der Waals surface area contributed by atoms with Crippen molar-refractivity contribution < 1.29 is 4.74 Å². The van der Waals surface area contributed by atoms with Gasteiger partial charge in [-0.15, -0.1) is 0 Å². The van der Waals surface area contributed by atoms with Gasteiger partial charge in [0.2, 0.25) is 0 Å². The molecule has 0 amide bonds. The maximum Gasteiger partial charge on any atom is 0.119 e. The SMILES string of the molecule is CCOc1ccc(C(C)NCC(C)C)cc1. The molecule has 0 aliphatic carbocycles. The molecule has 0 saturated carbocycles. The average molecular weight is 221 g/mol. The summed E-state index contributed by atoms with van der Waals surface area (Å²) in [5.41, 5.74) is 1.31. The number of benzene rings is 1. The molecule has 0 heterocycles. The van der Waals surface area contributed by atoms with Crippen LogP contribution in [0, 0.1) is 5.92 Å². The predicted molar refractivity (Wildman–Crippen MR) is 68.9 cm³/mol. The molecule has 0 radical (unpaired) electrons. The summed E-state index contributed by atoms with van der Waals surface area (Å²) in [6.45, 7) is 10.4. The zero-order chi connectivity index (χ0) is 12.0. The lowest BCUT2D eigenvalue weighted by molar-refractivity contribution is 0.340. The number of hydrogen-bond donors (Lipinski definition) is 1. The minimum absolute atomic E-state index is 0.401. The van der Waals surface area contributed by atoms with Crippen molar-refractivity contribution in [2.75, 3.05) is 13.2 Å². The van der Waals surface area contributed by atoms with E-state index in [-0.39, 0.29) is 0 Å². The monoisotopic (exact) mass is 221 g/mol. The molecule has 0 bridgehead atoms. The van der Waals surface area contributed by atoms with Crippen LogP contribution in [0.15, 0.2) is 24.3 Å². The van der Waals surface area contributed by atoms with E-state index in [0.29, 0.717) is 12.0 Å². The molecule has 0 aliphatic rings. The highest BCUT2D eigenvalue weighted by molar-refractivity contribution is 5.28. The van der Waals surface area contributed by atoms with Gasteiger partial charge in [0, 0.05) is 6.04 Å². The lowest BCUT2D eigenvalue weighted by atomic mass is 10.1. The molecule has 0 spiro atoms. The molecule has 0 aromatic heterocycles. The number of ether oxygens (including phenoxy) is 1. The summed E-state index contributed by atoms with van der Waals surface area (Å²) in [5.74, 6) is 1.63. The summed E-state index contributed by atoms with van der Waals surface area (Å²) in [5, 5.41) is 3.51. The molecule has 2 nitrogen and oxygen atoms in total. The number of rotatable bonds is 6. The van der Waals surface area contributed by atoms with Crippen molar-refractivity contribution in [3.63, 3.8) is 0 Å². The first-order chi connectivity index (χ1) is 7.63. The van der Waals surface area contributed by atoms with Crippen molar-refractivity contribution >= 4 is 0 Å². The third kappa shape index (κ3) is 4.23. The molecule has 16 heavy (non-hydrogen) atoms. The zero-order valence-corrected chi connectivity index (χ0v) is 10.8. The van der Waals surface area contributed by atoms with Crippen molar-refractivity contribution in [3.05, 3.63) is 29.8 Å². The van der Waals surface area contributed by atoms with Crippen LogP contribution in [0.4, 0.5) is 0 Å². The van der Waals surface area contributed by atoms with Crippen molar-refractivity contribution in [1.82, 2.24) is 5.32 Å². The van der Waals surface area contributed by atoms with Crippen LogP contribution in [-0.4, -0.2) is 13.2 Å². The fourth-order valence-electron chi connectivity index (χ4n) is 1.55. The van der Waals surface area contributed by atoms with E-state index in [9.17, 15) is 0 Å². The quantitative estimate of drug-likeness (QED) is 0.795. The predicted octanol–water partition coefficient (Wildman–Crippen LogP) is 3.39. The van der Waals surface area contributed by atoms with Gasteiger partial charge in [0.25, 0.3) is 0 Å². The first-order valence-corrected chi connectivity index (χ1v) is 6.09. The van der Waals surface area contributed by atoms with E-state index in [0.717, 1.165) is 18.9 Å². The summed E-state index contributed by atoms with van der Waals surface area (Å²) >= 11 is 0. The first-order valence-electron chi connectivity index (χ1n) is 6.09. The Hall–Kier alpha value is -1.02. The molecule has 1 rings (SSSR count). The molecule has 1 unspecified atom stereocenters. The summed E-state index contributed by atoms with van der Waals surface area (Å²) in [7, 11) is 0. The van der Waals surface area contributed by atoms with Crippen LogP contribution in [0.2, 0.25) is 0 Å². The highest BCUT2D eigenvalue weighted by Crippen LogP contribution is 2.17. The van der Waals surface area contributed by atoms with Gasteiger partial charge in [-0.2, -0.15) is 0 Å². The van der Waals surface area contributed by atoms with E-state index < -0.39 is 0 Å². The van der Waals surface area contributed by atoms with E-state index in [1.807, 2.05) is 19.1 Å². The Kier molecular flexibility index (Phi) is 5.33. The molecule has 0 aliphatic heterocycles. The van der Waals surface area contributed by atoms with Crippen molar-refractivity contribution in [2.45, 2.75) is 33.7 Å². The van der Waals surface area contributed by atoms with Gasteiger partial charge in [0.05, 0.1) is 6.61 Å². The second-order valence-electron chi connectivity index (χ2n) is 4.53. The Balaban J connectivity index is 2.52. The lowest BCUT2D eigenvalue weighted by Gasteiger charge is -2.16. The van der Waals surface area contributed by atoms with Crippen LogP contribution < -0.4 is 10.1 Å². The molecule has 0 fully saturated rings. The van der Waals surface area contributed by atoms with Gasteiger partial charge in [-0.25, -0.2) is 0 Å². The lowest BCUT2D eigenvalue weighted by Crippen LogP contribution is -2.23. The molecule has 1 atom stereocenters. The van der Waals surface area contributed by atoms with Crippen molar-refractivity contribution in [3.8, 4) is 5.75 Å². The molecule has 1 N–H and O–H groups in total. The van der Waals surface area contributed by atoms with Gasteiger partial charge in [-0.1, -0.05) is 26.0 Å². The van der Waals surface area contributed by atoms with E-state index >= 15 is 0 Å². The van der Waals surface area contributed by atoms with Crippen LogP contribution >= 0.6 is 0 Å². The third-order valence-electron chi connectivity index (χ3n) is 2.52. The fraction of sp³-hybridized carbons (Fsp3) is 0.571. The standard InChI is InChI=1S/C14H23NO/c1-5-16-14-8-6-13(7-9-14)12(4)15-10-11(2)3/h6-9,11-12,15H,5,10H2,1-4H3. The minimum atomic E-state index is 0.401. The molecule has 2 heteroatoms. The van der Waals surface area contributed by atoms with E-state index in [1.165, 1.54) is 5.56 Å². The zero-order valence-electron chi connectivity index (χ0n) is 10.8. The van der Waals surface area contributed by atoms with Gasteiger partial charge in [0.1, 0.15) is 5.75 Å². The smallest absolute Gasteiger partial charge is 0.119 e. The topological polar surface area (TPSA) is 21.3 Å². The van der Waals surface area contributed by atoms with Crippen LogP contribution in [0.25, 0.3) is 0 Å². The molecule has 1 aromatic carbocycles. The van der Waals surface area contributed by atoms with Gasteiger partial charge in [-0.05, 0) is 44.0 Å². The fourth-order valence-corrected chi connectivity index (χ4v) is 1.55. The van der Waals surface area contributed by atoms with Gasteiger partial charge >= 0.3 is 0 Å². The Labute approximate surface area is 99.0 Å². The van der Waals surface area contributed by atoms with E-state index in [2.05, 4.69) is 38.2 Å². The summed E-state index contributed by atoms with van der Waals surface area (Å²) in [4.78, 5) is 0. The van der Waals surface area contributed by atoms with Crippen molar-refractivity contribution in [2.24, 2.45) is 5.92 Å². The Bertz CT molecular complexity index is 292. The Morgan fingerprint density at radius 2 is 1.75 bits per heavy atom. The van der Waals surface area contributed by atoms with Gasteiger partial charge in [-0.3, -0.25) is 0 Å². The van der Waals surface area contributed by atoms with Crippen molar-refractivity contribution in [1.29, 1.82) is 0 Å².